The van der Waals surface area contributed by atoms with Crippen LogP contribution in [-0.4, -0.2) is 25.2 Å². The molecule has 0 fully saturated rings. The van der Waals surface area contributed by atoms with Crippen molar-refractivity contribution in [2.45, 2.75) is 22.5 Å². The van der Waals surface area contributed by atoms with Crippen LogP contribution in [0.2, 0.25) is 10.0 Å². The topological polar surface area (TPSA) is 133 Å². The summed E-state index contributed by atoms with van der Waals surface area (Å²) < 4.78 is 30.9. The van der Waals surface area contributed by atoms with Crippen LogP contribution in [0.5, 0.6) is 5.75 Å². The zero-order valence-corrected chi connectivity index (χ0v) is 22.0. The van der Waals surface area contributed by atoms with E-state index in [1.165, 1.54) is 36.4 Å². The Morgan fingerprint density at radius 2 is 1.84 bits per heavy atom. The lowest BCUT2D eigenvalue weighted by Crippen LogP contribution is -2.18. The molecule has 3 aromatic rings. The summed E-state index contributed by atoms with van der Waals surface area (Å²) >= 11 is 13.3. The number of carbonyl (C=O) groups is 2. The third kappa shape index (κ3) is 5.96. The zero-order valence-electron chi connectivity index (χ0n) is 18.9. The maximum absolute atomic E-state index is 13.0. The Bertz CT molecular complexity index is 1580. The number of nitro benzene ring substituents is 1. The summed E-state index contributed by atoms with van der Waals surface area (Å²) in [6.07, 6.45) is 1.44. The van der Waals surface area contributed by atoms with Gasteiger partial charge in [0.2, 0.25) is 5.75 Å². The molecule has 0 radical (unpaired) electrons. The smallest absolute Gasteiger partial charge is 0.312 e. The number of benzene rings is 3. The van der Waals surface area contributed by atoms with Gasteiger partial charge in [-0.1, -0.05) is 47.1 Å². The summed E-state index contributed by atoms with van der Waals surface area (Å²) in [5.41, 5.74) is 0.481. The second-order valence-electron chi connectivity index (χ2n) is 7.76. The molecule has 0 aliphatic carbocycles. The summed E-state index contributed by atoms with van der Waals surface area (Å²) in [5.74, 6) is -1.85. The molecular formula is C24H16Cl2N2O7S2. The van der Waals surface area contributed by atoms with E-state index in [1.807, 2.05) is 0 Å². The number of hydrogen-bond donors (Lipinski definition) is 1. The molecular weight excluding hydrogens is 563 g/mol. The van der Waals surface area contributed by atoms with Gasteiger partial charge in [-0.15, -0.1) is 0 Å². The fourth-order valence-electron chi connectivity index (χ4n) is 3.44. The fourth-order valence-corrected chi connectivity index (χ4v) is 6.49. The summed E-state index contributed by atoms with van der Waals surface area (Å²) in [4.78, 5) is 35.4. The average molecular weight is 579 g/mol. The Kier molecular flexibility index (Phi) is 7.60. The minimum Gasteiger partial charge on any atom is -0.419 e. The van der Waals surface area contributed by atoms with E-state index in [9.17, 15) is 28.1 Å². The van der Waals surface area contributed by atoms with E-state index in [4.69, 9.17) is 27.9 Å². The largest absolute Gasteiger partial charge is 0.419 e. The average Bonchev–Trinajstić information content (AvgIpc) is 2.82. The highest BCUT2D eigenvalue weighted by Gasteiger charge is 2.26. The molecule has 4 rings (SSSR count). The lowest BCUT2D eigenvalue weighted by molar-refractivity contribution is -0.385. The number of thioether (sulfide) groups is 1. The molecule has 9 nitrogen and oxygen atoms in total. The Labute approximate surface area is 225 Å². The third-order valence-corrected chi connectivity index (χ3v) is 8.58. The molecule has 1 N–H and O–H groups in total. The van der Waals surface area contributed by atoms with Crippen LogP contribution in [0.1, 0.15) is 18.1 Å². The summed E-state index contributed by atoms with van der Waals surface area (Å²) in [6.45, 7) is 1.13. The highest BCUT2D eigenvalue weighted by molar-refractivity contribution is 8.04. The van der Waals surface area contributed by atoms with Crippen molar-refractivity contribution in [1.82, 2.24) is 0 Å². The molecule has 1 amide bonds. The summed E-state index contributed by atoms with van der Waals surface area (Å²) in [6, 6.07) is 13.0. The van der Waals surface area contributed by atoms with Crippen molar-refractivity contribution >= 4 is 74.1 Å². The van der Waals surface area contributed by atoms with E-state index < -0.39 is 38.1 Å². The van der Waals surface area contributed by atoms with E-state index >= 15 is 0 Å². The number of sulfone groups is 1. The Morgan fingerprint density at radius 3 is 2.49 bits per heavy atom. The Balaban J connectivity index is 1.61. The van der Waals surface area contributed by atoms with Crippen LogP contribution in [0.3, 0.4) is 0 Å². The normalized spacial score (nSPS) is 14.1. The molecule has 0 atom stereocenters. The first-order chi connectivity index (χ1) is 17.4. The molecule has 0 saturated carbocycles. The first-order valence-corrected chi connectivity index (χ1v) is 13.6. The van der Waals surface area contributed by atoms with Crippen molar-refractivity contribution in [3.63, 3.8) is 0 Å². The molecule has 0 bridgehead atoms. The number of nitrogens with one attached hydrogen (secondary N) is 1. The van der Waals surface area contributed by atoms with Crippen LogP contribution in [0.25, 0.3) is 6.08 Å². The van der Waals surface area contributed by atoms with Crippen LogP contribution in [0, 0.1) is 10.1 Å². The number of nitrogens with zero attached hydrogens (tertiary/aromatic N) is 1. The Hall–Kier alpha value is -3.38. The number of amides is 1. The number of halogens is 2. The molecule has 190 valence electrons. The fraction of sp³-hybridized carbons (Fsp3) is 0.0833. The van der Waals surface area contributed by atoms with Crippen molar-refractivity contribution < 1.29 is 27.7 Å². The highest BCUT2D eigenvalue weighted by Crippen LogP contribution is 2.41. The van der Waals surface area contributed by atoms with Gasteiger partial charge in [0.1, 0.15) is 0 Å². The number of carbonyl (C=O) groups excluding carboxylic acids is 2. The number of nitro groups is 1. The molecule has 0 unspecified atom stereocenters. The van der Waals surface area contributed by atoms with Crippen LogP contribution < -0.4 is 10.1 Å². The van der Waals surface area contributed by atoms with Crippen molar-refractivity contribution in [2.75, 3.05) is 5.32 Å². The van der Waals surface area contributed by atoms with Gasteiger partial charge in [0.05, 0.1) is 26.2 Å². The first kappa shape index (κ1) is 26.7. The molecule has 0 saturated heterocycles. The van der Waals surface area contributed by atoms with Gasteiger partial charge in [0.25, 0.3) is 5.91 Å². The van der Waals surface area contributed by atoms with Gasteiger partial charge in [-0.3, -0.25) is 19.7 Å². The van der Waals surface area contributed by atoms with Gasteiger partial charge in [-0.05, 0) is 48.0 Å². The number of fused-ring (bicyclic) bond motifs is 1. The minimum atomic E-state index is -3.84. The number of hydrogen-bond acceptors (Lipinski definition) is 8. The number of anilines is 1. The van der Waals surface area contributed by atoms with Crippen molar-refractivity contribution in [3.05, 3.63) is 90.8 Å². The van der Waals surface area contributed by atoms with Crippen LogP contribution in [0.15, 0.2) is 69.3 Å². The molecule has 0 aromatic heterocycles. The van der Waals surface area contributed by atoms with Crippen molar-refractivity contribution in [1.29, 1.82) is 0 Å². The maximum atomic E-state index is 13.0. The summed E-state index contributed by atoms with van der Waals surface area (Å²) in [7, 11) is -3.84. The zero-order chi connectivity index (χ0) is 26.9. The summed E-state index contributed by atoms with van der Waals surface area (Å²) in [5, 5.41) is 14.5. The molecule has 13 heteroatoms. The van der Waals surface area contributed by atoms with Crippen molar-refractivity contribution in [3.8, 4) is 5.75 Å². The SMILES string of the molecule is CC(=O)Oc1ccc(/C=C2/Sc3ccc(S(=O)(=O)Cc4c(Cl)cccc4Cl)cc3NC2=O)cc1[N+](=O)[O-]. The second kappa shape index (κ2) is 10.5. The van der Waals surface area contributed by atoms with E-state index in [2.05, 4.69) is 5.32 Å². The standard InChI is InChI=1S/C24H16Cl2N2O7S2/c1-13(29)35-21-7-5-14(9-20(21)28(31)32)10-23-24(30)27-19-11-15(6-8-22(19)36-23)37(33,34)12-16-17(25)3-2-4-18(16)26/h2-11H,12H2,1H3,(H,27,30)/b23-10+. The monoisotopic (exact) mass is 578 g/mol. The molecule has 3 aromatic carbocycles. The van der Waals surface area contributed by atoms with Gasteiger partial charge in [-0.2, -0.15) is 0 Å². The maximum Gasteiger partial charge on any atom is 0.312 e. The van der Waals surface area contributed by atoms with Crippen molar-refractivity contribution in [2.24, 2.45) is 0 Å². The van der Waals surface area contributed by atoms with Gasteiger partial charge in [-0.25, -0.2) is 8.42 Å². The van der Waals surface area contributed by atoms with E-state index in [1.54, 1.807) is 24.3 Å². The van der Waals surface area contributed by atoms with Gasteiger partial charge >= 0.3 is 11.7 Å². The Morgan fingerprint density at radius 1 is 1.14 bits per heavy atom. The second-order valence-corrected chi connectivity index (χ2v) is 11.6. The lowest BCUT2D eigenvalue weighted by Gasteiger charge is -2.19. The quantitative estimate of drug-likeness (QED) is 0.126. The molecule has 1 heterocycles. The van der Waals surface area contributed by atoms with E-state index in [0.29, 0.717) is 16.1 Å². The molecule has 37 heavy (non-hydrogen) atoms. The molecule has 1 aliphatic rings. The van der Waals surface area contributed by atoms with Crippen LogP contribution >= 0.6 is 35.0 Å². The van der Waals surface area contributed by atoms with Crippen LogP contribution in [0.4, 0.5) is 11.4 Å². The molecule has 1 aliphatic heterocycles. The predicted octanol–water partition coefficient (Wildman–Crippen LogP) is 5.89. The highest BCUT2D eigenvalue weighted by atomic mass is 35.5. The molecule has 0 spiro atoms. The van der Waals surface area contributed by atoms with E-state index in [0.717, 1.165) is 18.7 Å². The van der Waals surface area contributed by atoms with Gasteiger partial charge in [0, 0.05) is 33.5 Å². The number of esters is 1. The number of rotatable bonds is 6. The van der Waals surface area contributed by atoms with Gasteiger partial charge in [0.15, 0.2) is 9.84 Å². The third-order valence-electron chi connectivity index (χ3n) is 5.13. The van der Waals surface area contributed by atoms with Crippen LogP contribution in [-0.2, 0) is 25.2 Å². The minimum absolute atomic E-state index is 0.0211. The van der Waals surface area contributed by atoms with E-state index in [-0.39, 0.29) is 31.2 Å². The van der Waals surface area contributed by atoms with Gasteiger partial charge < -0.3 is 10.1 Å². The predicted molar refractivity (Wildman–Crippen MR) is 141 cm³/mol. The number of ether oxygens (including phenoxy) is 1. The lowest BCUT2D eigenvalue weighted by atomic mass is 10.1. The first-order valence-electron chi connectivity index (χ1n) is 10.4.